The lowest BCUT2D eigenvalue weighted by atomic mass is 10.0. The molecule has 1 fully saturated rings. The number of ether oxygens (including phenoxy) is 3. The number of hydrogen-bond acceptors (Lipinski definition) is 6. The summed E-state index contributed by atoms with van der Waals surface area (Å²) in [7, 11) is 1.54. The van der Waals surface area contributed by atoms with Crippen molar-refractivity contribution < 1.29 is 19.0 Å². The molecule has 0 spiro atoms. The zero-order chi connectivity index (χ0) is 21.4. The number of carbonyl (C=O) groups is 1. The summed E-state index contributed by atoms with van der Waals surface area (Å²) in [4.78, 5) is 23.2. The second kappa shape index (κ2) is 7.80. The lowest BCUT2D eigenvalue weighted by Gasteiger charge is -2.35. The Balaban J connectivity index is 2.00. The molecule has 1 amide bonds. The van der Waals surface area contributed by atoms with Gasteiger partial charge in [-0.1, -0.05) is 17.7 Å². The largest absolute Gasteiger partial charge is 0.481 e. The Morgan fingerprint density at radius 2 is 2.03 bits per heavy atom. The molecule has 1 aromatic carbocycles. The van der Waals surface area contributed by atoms with Gasteiger partial charge in [-0.05, 0) is 52.3 Å². The summed E-state index contributed by atoms with van der Waals surface area (Å²) in [6, 6.07) is 6.86. The van der Waals surface area contributed by atoms with Crippen molar-refractivity contribution in [2.75, 3.05) is 13.7 Å². The highest BCUT2D eigenvalue weighted by molar-refractivity contribution is 6.33. The van der Waals surface area contributed by atoms with Gasteiger partial charge in [0.05, 0.1) is 24.8 Å². The topological polar surface area (TPSA) is 73.8 Å². The fraction of sp³-hybridized carbons (Fsp3) is 0.476. The third-order valence-electron chi connectivity index (χ3n) is 4.53. The summed E-state index contributed by atoms with van der Waals surface area (Å²) < 4.78 is 16.7. The summed E-state index contributed by atoms with van der Waals surface area (Å²) in [5.41, 5.74) is 0.0864. The number of carbonyl (C=O) groups excluding carboxylic acids is 1. The highest BCUT2D eigenvalue weighted by Gasteiger charge is 2.46. The van der Waals surface area contributed by atoms with Gasteiger partial charge in [-0.3, -0.25) is 4.90 Å². The minimum Gasteiger partial charge on any atom is -0.481 e. The van der Waals surface area contributed by atoms with E-state index in [2.05, 4.69) is 9.97 Å². The van der Waals surface area contributed by atoms with Crippen molar-refractivity contribution in [1.82, 2.24) is 14.9 Å². The molecule has 0 N–H and O–H groups in total. The average molecular weight is 420 g/mol. The molecular formula is C21H26ClN3O4. The van der Waals surface area contributed by atoms with E-state index in [4.69, 9.17) is 25.8 Å². The molecule has 0 saturated carbocycles. The van der Waals surface area contributed by atoms with Crippen LogP contribution >= 0.6 is 11.6 Å². The van der Waals surface area contributed by atoms with E-state index < -0.39 is 17.4 Å². The van der Waals surface area contributed by atoms with Crippen LogP contribution in [-0.2, 0) is 9.47 Å². The molecular weight excluding hydrogens is 394 g/mol. The first-order valence-electron chi connectivity index (χ1n) is 9.35. The molecule has 2 heterocycles. The smallest absolute Gasteiger partial charge is 0.413 e. The first kappa shape index (κ1) is 21.3. The van der Waals surface area contributed by atoms with Crippen molar-refractivity contribution in [2.45, 2.75) is 52.0 Å². The van der Waals surface area contributed by atoms with Gasteiger partial charge >= 0.3 is 6.09 Å². The van der Waals surface area contributed by atoms with Crippen LogP contribution in [-0.4, -0.2) is 46.0 Å². The van der Waals surface area contributed by atoms with Crippen LogP contribution in [0, 0.1) is 0 Å². The number of hydrogen-bond donors (Lipinski definition) is 0. The maximum Gasteiger partial charge on any atom is 0.413 e. The molecule has 1 unspecified atom stereocenters. The zero-order valence-electron chi connectivity index (χ0n) is 17.5. The minimum absolute atomic E-state index is 0.332. The van der Waals surface area contributed by atoms with Crippen LogP contribution < -0.4 is 4.74 Å². The highest BCUT2D eigenvalue weighted by Crippen LogP contribution is 2.40. The second-order valence-electron chi connectivity index (χ2n) is 8.29. The van der Waals surface area contributed by atoms with Crippen LogP contribution in [0.3, 0.4) is 0 Å². The van der Waals surface area contributed by atoms with Crippen molar-refractivity contribution >= 4 is 17.7 Å². The number of nitrogens with zero attached hydrogens (tertiary/aromatic N) is 3. The number of amides is 1. The molecule has 156 valence electrons. The predicted octanol–water partition coefficient (Wildman–Crippen LogP) is 4.85. The van der Waals surface area contributed by atoms with E-state index in [0.717, 1.165) is 5.56 Å². The van der Waals surface area contributed by atoms with Crippen molar-refractivity contribution in [3.05, 3.63) is 41.0 Å². The van der Waals surface area contributed by atoms with E-state index in [1.807, 2.05) is 46.8 Å². The molecule has 2 aromatic rings. The Labute approximate surface area is 176 Å². The van der Waals surface area contributed by atoms with Gasteiger partial charge in [0.25, 0.3) is 0 Å². The molecule has 7 nitrogen and oxygen atoms in total. The monoisotopic (exact) mass is 419 g/mol. The van der Waals surface area contributed by atoms with E-state index in [-0.39, 0.29) is 6.04 Å². The molecule has 1 atom stereocenters. The van der Waals surface area contributed by atoms with Crippen LogP contribution in [0.25, 0.3) is 11.4 Å². The van der Waals surface area contributed by atoms with Crippen LogP contribution in [0.2, 0.25) is 5.02 Å². The van der Waals surface area contributed by atoms with E-state index in [1.165, 1.54) is 0 Å². The Kier molecular flexibility index (Phi) is 5.74. The number of methoxy groups -OCH3 is 1. The molecule has 1 saturated heterocycles. The van der Waals surface area contributed by atoms with Crippen molar-refractivity contribution in [3.8, 4) is 17.3 Å². The first-order chi connectivity index (χ1) is 13.5. The molecule has 1 aromatic heterocycles. The summed E-state index contributed by atoms with van der Waals surface area (Å²) in [6.45, 7) is 9.54. The average Bonchev–Trinajstić information content (AvgIpc) is 2.96. The van der Waals surface area contributed by atoms with Gasteiger partial charge in [-0.2, -0.15) is 4.98 Å². The zero-order valence-corrected chi connectivity index (χ0v) is 18.3. The Bertz CT molecular complexity index is 911. The van der Waals surface area contributed by atoms with Gasteiger partial charge in [0.15, 0.2) is 5.82 Å². The van der Waals surface area contributed by atoms with Gasteiger partial charge in [0, 0.05) is 17.8 Å². The first-order valence-corrected chi connectivity index (χ1v) is 9.73. The van der Waals surface area contributed by atoms with Gasteiger partial charge in [-0.25, -0.2) is 9.78 Å². The molecule has 1 aliphatic heterocycles. The fourth-order valence-electron chi connectivity index (χ4n) is 3.21. The Morgan fingerprint density at radius 3 is 2.69 bits per heavy atom. The Hall–Kier alpha value is -2.38. The van der Waals surface area contributed by atoms with Gasteiger partial charge in [0.2, 0.25) is 5.88 Å². The van der Waals surface area contributed by atoms with Crippen molar-refractivity contribution in [1.29, 1.82) is 0 Å². The van der Waals surface area contributed by atoms with E-state index in [0.29, 0.717) is 28.9 Å². The van der Waals surface area contributed by atoms with Crippen LogP contribution in [0.15, 0.2) is 30.5 Å². The number of rotatable bonds is 3. The van der Waals surface area contributed by atoms with E-state index in [1.54, 1.807) is 30.3 Å². The third kappa shape index (κ3) is 4.62. The summed E-state index contributed by atoms with van der Waals surface area (Å²) in [6.07, 6.45) is 1.18. The molecule has 1 aliphatic rings. The number of aromatic nitrogens is 2. The summed E-state index contributed by atoms with van der Waals surface area (Å²) in [5, 5.41) is 0.504. The van der Waals surface area contributed by atoms with Gasteiger partial charge in [0.1, 0.15) is 11.3 Å². The molecule has 3 rings (SSSR count). The molecule has 29 heavy (non-hydrogen) atoms. The molecule has 0 radical (unpaired) electrons. The van der Waals surface area contributed by atoms with E-state index in [9.17, 15) is 4.79 Å². The standard InChI is InChI=1S/C21H26ClN3O4/c1-20(2,3)29-19(26)25-16(12-28-21(25,4)5)13-7-8-15(22)14(11-13)18-23-10-9-17(24-18)27-6/h7-11,16H,12H2,1-6H3. The third-order valence-corrected chi connectivity index (χ3v) is 4.86. The van der Waals surface area contributed by atoms with Gasteiger partial charge in [-0.15, -0.1) is 0 Å². The lowest BCUT2D eigenvalue weighted by molar-refractivity contribution is -0.0626. The number of halogens is 1. The SMILES string of the molecule is COc1ccnc(-c2cc(C3COC(C)(C)N3C(=O)OC(C)(C)C)ccc2Cl)n1. The predicted molar refractivity (Wildman–Crippen MR) is 110 cm³/mol. The normalized spacial score (nSPS) is 18.6. The molecule has 8 heteroatoms. The Morgan fingerprint density at radius 1 is 1.31 bits per heavy atom. The number of benzene rings is 1. The van der Waals surface area contributed by atoms with Crippen LogP contribution in [0.4, 0.5) is 4.79 Å². The van der Waals surface area contributed by atoms with Gasteiger partial charge < -0.3 is 14.2 Å². The molecule has 0 aliphatic carbocycles. The fourth-order valence-corrected chi connectivity index (χ4v) is 3.41. The maximum atomic E-state index is 12.9. The second-order valence-corrected chi connectivity index (χ2v) is 8.69. The van der Waals surface area contributed by atoms with Crippen LogP contribution in [0.5, 0.6) is 5.88 Å². The van der Waals surface area contributed by atoms with Crippen molar-refractivity contribution in [3.63, 3.8) is 0 Å². The maximum absolute atomic E-state index is 12.9. The van der Waals surface area contributed by atoms with Crippen LogP contribution in [0.1, 0.15) is 46.2 Å². The quantitative estimate of drug-likeness (QED) is 0.707. The molecule has 0 bridgehead atoms. The summed E-state index contributed by atoms with van der Waals surface area (Å²) in [5.74, 6) is 0.885. The highest BCUT2D eigenvalue weighted by atomic mass is 35.5. The summed E-state index contributed by atoms with van der Waals surface area (Å²) >= 11 is 6.42. The minimum atomic E-state index is -0.806. The van der Waals surface area contributed by atoms with Crippen molar-refractivity contribution in [2.24, 2.45) is 0 Å². The lowest BCUT2D eigenvalue weighted by Crippen LogP contribution is -2.47. The van der Waals surface area contributed by atoms with E-state index >= 15 is 0 Å².